The number of benzene rings is 1. The highest BCUT2D eigenvalue weighted by atomic mass is 16.5. The number of esters is 1. The fraction of sp³-hybridized carbons (Fsp3) is 0.214. The summed E-state index contributed by atoms with van der Waals surface area (Å²) in [5, 5.41) is 9.05. The largest absolute Gasteiger partial charge is 0.497 e. The van der Waals surface area contributed by atoms with E-state index >= 15 is 0 Å². The van der Waals surface area contributed by atoms with Crippen molar-refractivity contribution in [3.05, 3.63) is 41.6 Å². The van der Waals surface area contributed by atoms with Crippen LogP contribution >= 0.6 is 0 Å². The third kappa shape index (κ3) is 4.07. The fourth-order valence-electron chi connectivity index (χ4n) is 1.63. The number of carbonyl (C=O) groups excluding carboxylic acids is 2. The zero-order valence-corrected chi connectivity index (χ0v) is 11.7. The van der Waals surface area contributed by atoms with Gasteiger partial charge in [0.15, 0.2) is 12.4 Å². The molecule has 0 aliphatic heterocycles. The highest BCUT2D eigenvalue weighted by Crippen LogP contribution is 2.13. The zero-order valence-electron chi connectivity index (χ0n) is 11.7. The number of anilines is 1. The number of H-pyrrole nitrogens is 1. The van der Waals surface area contributed by atoms with Crippen LogP contribution in [0.1, 0.15) is 16.1 Å². The van der Waals surface area contributed by atoms with Gasteiger partial charge in [0, 0.05) is 11.8 Å². The molecule has 0 radical (unpaired) electrons. The Morgan fingerprint density at radius 2 is 2.14 bits per heavy atom. The summed E-state index contributed by atoms with van der Waals surface area (Å²) in [4.78, 5) is 23.4. The number of aromatic nitrogens is 2. The van der Waals surface area contributed by atoms with Gasteiger partial charge in [-0.25, -0.2) is 4.79 Å². The molecule has 110 valence electrons. The summed E-state index contributed by atoms with van der Waals surface area (Å²) in [6.07, 6.45) is 0. The lowest BCUT2D eigenvalue weighted by molar-refractivity contribution is -0.119. The van der Waals surface area contributed by atoms with Gasteiger partial charge in [-0.3, -0.25) is 9.89 Å². The molecule has 1 amide bonds. The highest BCUT2D eigenvalue weighted by Gasteiger charge is 2.11. The van der Waals surface area contributed by atoms with E-state index in [4.69, 9.17) is 9.47 Å². The molecule has 7 nitrogen and oxygen atoms in total. The normalized spacial score (nSPS) is 10.0. The number of aryl methyl sites for hydroxylation is 1. The lowest BCUT2D eigenvalue weighted by Crippen LogP contribution is -2.21. The molecule has 2 N–H and O–H groups in total. The summed E-state index contributed by atoms with van der Waals surface area (Å²) in [6, 6.07) is 8.17. The molecule has 2 aromatic rings. The number of carbonyl (C=O) groups is 2. The van der Waals surface area contributed by atoms with Crippen LogP contribution in [0.15, 0.2) is 30.3 Å². The maximum absolute atomic E-state index is 11.8. The van der Waals surface area contributed by atoms with E-state index in [9.17, 15) is 9.59 Å². The average molecular weight is 289 g/mol. The van der Waals surface area contributed by atoms with Crippen molar-refractivity contribution in [3.8, 4) is 5.75 Å². The number of nitrogens with one attached hydrogen (secondary N) is 2. The molecule has 2 rings (SSSR count). The first kappa shape index (κ1) is 14.6. The Morgan fingerprint density at radius 1 is 1.33 bits per heavy atom. The van der Waals surface area contributed by atoms with Gasteiger partial charge in [-0.2, -0.15) is 5.10 Å². The van der Waals surface area contributed by atoms with Crippen LogP contribution in [0, 0.1) is 6.92 Å². The van der Waals surface area contributed by atoms with Crippen molar-refractivity contribution < 1.29 is 19.1 Å². The molecule has 0 bridgehead atoms. The minimum atomic E-state index is -0.595. The molecule has 0 spiro atoms. The first-order chi connectivity index (χ1) is 10.1. The van der Waals surface area contributed by atoms with Gasteiger partial charge in [0.2, 0.25) is 0 Å². The van der Waals surface area contributed by atoms with Crippen molar-refractivity contribution in [2.24, 2.45) is 0 Å². The van der Waals surface area contributed by atoms with Crippen LogP contribution in [0.2, 0.25) is 0 Å². The molecule has 0 saturated heterocycles. The predicted molar refractivity (Wildman–Crippen MR) is 75.2 cm³/mol. The zero-order chi connectivity index (χ0) is 15.2. The van der Waals surface area contributed by atoms with Crippen molar-refractivity contribution in [1.29, 1.82) is 0 Å². The average Bonchev–Trinajstić information content (AvgIpc) is 2.90. The molecule has 0 aliphatic rings. The predicted octanol–water partition coefficient (Wildman–Crippen LogP) is 1.52. The molecule has 1 heterocycles. The summed E-state index contributed by atoms with van der Waals surface area (Å²) in [6.45, 7) is 1.42. The van der Waals surface area contributed by atoms with Crippen molar-refractivity contribution in [2.75, 3.05) is 19.0 Å². The lowest BCUT2D eigenvalue weighted by atomic mass is 10.2. The molecule has 0 unspecified atom stereocenters. The number of rotatable bonds is 5. The maximum Gasteiger partial charge on any atom is 0.338 e. The van der Waals surface area contributed by atoms with E-state index in [1.165, 1.54) is 13.2 Å². The van der Waals surface area contributed by atoms with Crippen LogP contribution in [0.4, 0.5) is 5.82 Å². The van der Waals surface area contributed by atoms with E-state index in [-0.39, 0.29) is 6.61 Å². The molecule has 21 heavy (non-hydrogen) atoms. The second kappa shape index (κ2) is 6.56. The standard InChI is InChI=1S/C14H15N3O4/c1-9-6-12(17-16-9)15-13(18)8-21-14(19)10-4-3-5-11(7-10)20-2/h3-7H,8H2,1-2H3,(H2,15,16,17,18). The Bertz CT molecular complexity index is 651. The Hall–Kier alpha value is -2.83. The van der Waals surface area contributed by atoms with Gasteiger partial charge in [0.1, 0.15) is 5.75 Å². The summed E-state index contributed by atoms with van der Waals surface area (Å²) in [5.74, 6) is -0.129. The minimum absolute atomic E-state index is 0.317. The third-order valence-corrected chi connectivity index (χ3v) is 2.61. The van der Waals surface area contributed by atoms with Crippen molar-refractivity contribution in [1.82, 2.24) is 10.2 Å². The van der Waals surface area contributed by atoms with Gasteiger partial charge in [-0.1, -0.05) is 6.07 Å². The lowest BCUT2D eigenvalue weighted by Gasteiger charge is -2.06. The molecular weight excluding hydrogens is 274 g/mol. The van der Waals surface area contributed by atoms with Gasteiger partial charge in [0.25, 0.3) is 5.91 Å². The summed E-state index contributed by atoms with van der Waals surface area (Å²) < 4.78 is 9.94. The van der Waals surface area contributed by atoms with Crippen LogP contribution in [0.3, 0.4) is 0 Å². The molecule has 0 fully saturated rings. The third-order valence-electron chi connectivity index (χ3n) is 2.61. The number of methoxy groups -OCH3 is 1. The summed E-state index contributed by atoms with van der Waals surface area (Å²) in [5.41, 5.74) is 1.14. The Kier molecular flexibility index (Phi) is 4.55. The minimum Gasteiger partial charge on any atom is -0.497 e. The van der Waals surface area contributed by atoms with Gasteiger partial charge in [-0.05, 0) is 25.1 Å². The van der Waals surface area contributed by atoms with Gasteiger partial charge in [0.05, 0.1) is 12.7 Å². The fourth-order valence-corrected chi connectivity index (χ4v) is 1.63. The molecule has 1 aromatic carbocycles. The van der Waals surface area contributed by atoms with Crippen LogP contribution in [-0.4, -0.2) is 35.8 Å². The van der Waals surface area contributed by atoms with Crippen molar-refractivity contribution in [3.63, 3.8) is 0 Å². The van der Waals surface area contributed by atoms with E-state index in [1.807, 2.05) is 6.92 Å². The number of aromatic amines is 1. The Balaban J connectivity index is 1.87. The van der Waals surface area contributed by atoms with E-state index in [0.717, 1.165) is 5.69 Å². The molecule has 0 atom stereocenters. The number of hydrogen-bond donors (Lipinski definition) is 2. The van der Waals surface area contributed by atoms with Gasteiger partial charge in [-0.15, -0.1) is 0 Å². The van der Waals surface area contributed by atoms with E-state index < -0.39 is 11.9 Å². The highest BCUT2D eigenvalue weighted by molar-refractivity contribution is 5.95. The number of amides is 1. The second-order valence-corrected chi connectivity index (χ2v) is 4.29. The van der Waals surface area contributed by atoms with E-state index in [2.05, 4.69) is 15.5 Å². The molecule has 0 aliphatic carbocycles. The van der Waals surface area contributed by atoms with Crippen LogP contribution in [-0.2, 0) is 9.53 Å². The van der Waals surface area contributed by atoms with E-state index in [1.54, 1.807) is 24.3 Å². The smallest absolute Gasteiger partial charge is 0.338 e. The first-order valence-electron chi connectivity index (χ1n) is 6.21. The molecular formula is C14H15N3O4. The van der Waals surface area contributed by atoms with Crippen LogP contribution in [0.5, 0.6) is 5.75 Å². The van der Waals surface area contributed by atoms with Crippen LogP contribution < -0.4 is 10.1 Å². The van der Waals surface area contributed by atoms with Gasteiger partial charge < -0.3 is 14.8 Å². The topological polar surface area (TPSA) is 93.3 Å². The Morgan fingerprint density at radius 3 is 2.81 bits per heavy atom. The van der Waals surface area contributed by atoms with Crippen molar-refractivity contribution >= 4 is 17.7 Å². The molecule has 1 aromatic heterocycles. The number of nitrogens with zero attached hydrogens (tertiary/aromatic N) is 1. The second-order valence-electron chi connectivity index (χ2n) is 4.29. The molecule has 0 saturated carbocycles. The van der Waals surface area contributed by atoms with E-state index in [0.29, 0.717) is 17.1 Å². The maximum atomic E-state index is 11.8. The monoisotopic (exact) mass is 289 g/mol. The Labute approximate surface area is 121 Å². The summed E-state index contributed by atoms with van der Waals surface area (Å²) in [7, 11) is 1.50. The molecule has 7 heteroatoms. The summed E-state index contributed by atoms with van der Waals surface area (Å²) >= 11 is 0. The van der Waals surface area contributed by atoms with Gasteiger partial charge >= 0.3 is 5.97 Å². The first-order valence-corrected chi connectivity index (χ1v) is 6.21. The quantitative estimate of drug-likeness (QED) is 0.814. The SMILES string of the molecule is COc1cccc(C(=O)OCC(=O)Nc2cc(C)[nH]n2)c1. The van der Waals surface area contributed by atoms with Crippen LogP contribution in [0.25, 0.3) is 0 Å². The number of hydrogen-bond acceptors (Lipinski definition) is 5. The van der Waals surface area contributed by atoms with Crippen molar-refractivity contribution in [2.45, 2.75) is 6.92 Å². The number of ether oxygens (including phenoxy) is 2.